The molecule has 7 nitrogen and oxygen atoms in total. The van der Waals surface area contributed by atoms with Crippen LogP contribution in [0.25, 0.3) is 0 Å². The lowest BCUT2D eigenvalue weighted by molar-refractivity contribution is -0.258. The van der Waals surface area contributed by atoms with E-state index in [2.05, 4.69) is 29.2 Å². The molecule has 2 saturated carbocycles. The van der Waals surface area contributed by atoms with Crippen LogP contribution in [0.3, 0.4) is 0 Å². The Balaban J connectivity index is 1.24. The summed E-state index contributed by atoms with van der Waals surface area (Å²) >= 11 is 0. The maximum Gasteiger partial charge on any atom is 0.340 e. The first-order valence-corrected chi connectivity index (χ1v) is 15.9. The van der Waals surface area contributed by atoms with Crippen molar-refractivity contribution in [2.75, 3.05) is 31.1 Å². The van der Waals surface area contributed by atoms with E-state index in [-0.39, 0.29) is 41.5 Å². The Morgan fingerprint density at radius 1 is 0.929 bits per heavy atom. The predicted octanol–water partition coefficient (Wildman–Crippen LogP) is 5.54. The van der Waals surface area contributed by atoms with Gasteiger partial charge in [-0.2, -0.15) is 0 Å². The van der Waals surface area contributed by atoms with Crippen molar-refractivity contribution >= 4 is 23.5 Å². The minimum Gasteiger partial charge on any atom is -0.461 e. The van der Waals surface area contributed by atoms with Crippen LogP contribution in [0.15, 0.2) is 54.6 Å². The fraction of sp³-hybridized carbons (Fsp3) is 0.571. The second kappa shape index (κ2) is 11.6. The topological polar surface area (TPSA) is 87.2 Å². The molecule has 2 heterocycles. The summed E-state index contributed by atoms with van der Waals surface area (Å²) in [5.74, 6) is -1.54. The van der Waals surface area contributed by atoms with Crippen LogP contribution < -0.4 is 4.90 Å². The minimum atomic E-state index is -0.888. The Morgan fingerprint density at radius 3 is 2.45 bits per heavy atom. The molecule has 4 aliphatic rings. The second-order valence-corrected chi connectivity index (χ2v) is 13.4. The number of piperidine rings is 1. The summed E-state index contributed by atoms with van der Waals surface area (Å²) in [4.78, 5) is 42.8. The number of esters is 1. The summed E-state index contributed by atoms with van der Waals surface area (Å²) in [5.41, 5.74) is 0.207. The molecule has 0 spiro atoms. The number of amides is 2. The smallest absolute Gasteiger partial charge is 0.340 e. The maximum atomic E-state index is 13.7. The van der Waals surface area contributed by atoms with E-state index in [0.717, 1.165) is 82.2 Å². The van der Waals surface area contributed by atoms with Gasteiger partial charge in [-0.05, 0) is 62.8 Å². The summed E-state index contributed by atoms with van der Waals surface area (Å²) in [6, 6.07) is 17.3. The van der Waals surface area contributed by atoms with Gasteiger partial charge in [0, 0.05) is 36.3 Å². The molecular formula is C35H44N2O5. The minimum absolute atomic E-state index is 0.131. The van der Waals surface area contributed by atoms with Gasteiger partial charge >= 0.3 is 5.97 Å². The average molecular weight is 573 g/mol. The normalized spacial score (nSPS) is 31.5. The van der Waals surface area contributed by atoms with Crippen LogP contribution in [0.5, 0.6) is 0 Å². The van der Waals surface area contributed by atoms with Crippen LogP contribution in [0.4, 0.5) is 5.69 Å². The summed E-state index contributed by atoms with van der Waals surface area (Å²) in [5, 5.41) is 12.7. The zero-order valence-corrected chi connectivity index (χ0v) is 24.9. The van der Waals surface area contributed by atoms with Gasteiger partial charge in [0.25, 0.3) is 0 Å². The lowest BCUT2D eigenvalue weighted by atomic mass is 9.47. The fourth-order valence-corrected chi connectivity index (χ4v) is 8.74. The van der Waals surface area contributed by atoms with Crippen LogP contribution in [0, 0.1) is 16.7 Å². The summed E-state index contributed by atoms with van der Waals surface area (Å²) < 4.78 is 6.14. The quantitative estimate of drug-likeness (QED) is 0.330. The number of aryl methyl sites for hydroxylation is 1. The van der Waals surface area contributed by atoms with Gasteiger partial charge in [-0.15, -0.1) is 0 Å². The van der Waals surface area contributed by atoms with E-state index in [4.69, 9.17) is 4.74 Å². The zero-order chi connectivity index (χ0) is 29.4. The van der Waals surface area contributed by atoms with Crippen molar-refractivity contribution in [2.45, 2.75) is 83.2 Å². The van der Waals surface area contributed by atoms with Crippen molar-refractivity contribution < 1.29 is 24.2 Å². The number of imide groups is 1. The maximum absolute atomic E-state index is 13.7. The highest BCUT2D eigenvalue weighted by atomic mass is 16.5. The van der Waals surface area contributed by atoms with E-state index in [1.165, 1.54) is 5.56 Å². The number of benzene rings is 2. The molecule has 2 saturated heterocycles. The van der Waals surface area contributed by atoms with Crippen molar-refractivity contribution in [2.24, 2.45) is 16.7 Å². The summed E-state index contributed by atoms with van der Waals surface area (Å²) in [6.45, 7) is 4.41. The van der Waals surface area contributed by atoms with E-state index < -0.39 is 22.9 Å². The molecule has 0 aromatic heterocycles. The number of aliphatic hydroxyl groups is 1. The van der Waals surface area contributed by atoms with Gasteiger partial charge in [0.05, 0.1) is 16.9 Å². The molecule has 1 unspecified atom stereocenters. The molecule has 1 N–H and O–H groups in total. The third-order valence-corrected chi connectivity index (χ3v) is 10.8. The average Bonchev–Trinajstić information content (AvgIpc) is 3.11. The largest absolute Gasteiger partial charge is 0.461 e. The Morgan fingerprint density at radius 2 is 1.67 bits per heavy atom. The van der Waals surface area contributed by atoms with E-state index in [1.54, 1.807) is 31.2 Å². The molecule has 4 atom stereocenters. The van der Waals surface area contributed by atoms with Gasteiger partial charge in [-0.25, -0.2) is 9.69 Å². The van der Waals surface area contributed by atoms with E-state index in [0.29, 0.717) is 6.54 Å². The van der Waals surface area contributed by atoms with Crippen molar-refractivity contribution in [3.8, 4) is 0 Å². The SMILES string of the molecule is CC1CC(=O)N(c2ccccc2C(=O)OC[C@@]23CCC[C@]4(CCCCC[C@]42O)CN(CCCc2ccccc2)C3)C1=O. The summed E-state index contributed by atoms with van der Waals surface area (Å²) in [6.07, 6.45) is 10.0. The Bertz CT molecular complexity index is 1330. The standard InChI is InChI=1S/C35H44N2O5/c1-26-22-30(38)37(31(26)39)29-16-7-6-15-28(29)32(40)42-25-34-19-11-18-33(17-8-3-9-20-35(33,34)41)23-36(24-34)21-10-14-27-12-4-2-5-13-27/h2,4-7,12-13,15-16,26,41H,3,8-11,14,17-25H2,1H3/t26?,33-,34+,35+/m1/s1. The van der Waals surface area contributed by atoms with Crippen LogP contribution in [-0.2, 0) is 20.7 Å². The Labute approximate surface area is 249 Å². The number of carbonyl (C=O) groups excluding carboxylic acids is 3. The number of nitrogens with zero attached hydrogens (tertiary/aromatic N) is 2. The van der Waals surface area contributed by atoms with Gasteiger partial charge in [0.15, 0.2) is 0 Å². The highest BCUT2D eigenvalue weighted by Gasteiger charge is 2.67. The number of carbonyl (C=O) groups is 3. The monoisotopic (exact) mass is 572 g/mol. The number of anilines is 1. The number of rotatable bonds is 8. The van der Waals surface area contributed by atoms with Crippen LogP contribution in [0.1, 0.15) is 87.1 Å². The number of hydrogen-bond donors (Lipinski definition) is 1. The molecule has 2 aliphatic carbocycles. The van der Waals surface area contributed by atoms with Gasteiger partial charge < -0.3 is 14.7 Å². The first-order chi connectivity index (χ1) is 20.3. The van der Waals surface area contributed by atoms with E-state index >= 15 is 0 Å². The fourth-order valence-electron chi connectivity index (χ4n) is 8.74. The van der Waals surface area contributed by atoms with Crippen LogP contribution >= 0.6 is 0 Å². The van der Waals surface area contributed by atoms with Crippen molar-refractivity contribution in [1.82, 2.24) is 4.90 Å². The summed E-state index contributed by atoms with van der Waals surface area (Å²) in [7, 11) is 0. The third-order valence-electron chi connectivity index (χ3n) is 10.8. The molecule has 7 heteroatoms. The van der Waals surface area contributed by atoms with Gasteiger partial charge in [0.2, 0.25) is 11.8 Å². The molecule has 2 aromatic carbocycles. The Kier molecular flexibility index (Phi) is 8.01. The van der Waals surface area contributed by atoms with Crippen molar-refractivity contribution in [3.63, 3.8) is 0 Å². The van der Waals surface area contributed by atoms with E-state index in [9.17, 15) is 19.5 Å². The molecule has 2 aromatic rings. The van der Waals surface area contributed by atoms with Crippen molar-refractivity contribution in [3.05, 3.63) is 65.7 Å². The molecular weight excluding hydrogens is 528 g/mol. The molecule has 2 bridgehead atoms. The molecule has 224 valence electrons. The molecule has 42 heavy (non-hydrogen) atoms. The lowest BCUT2D eigenvalue weighted by Gasteiger charge is -2.66. The van der Waals surface area contributed by atoms with Crippen molar-refractivity contribution in [1.29, 1.82) is 0 Å². The van der Waals surface area contributed by atoms with Gasteiger partial charge in [-0.1, -0.05) is 75.1 Å². The number of ether oxygens (including phenoxy) is 1. The van der Waals surface area contributed by atoms with Crippen LogP contribution in [0.2, 0.25) is 0 Å². The Hall–Kier alpha value is -3.03. The van der Waals surface area contributed by atoms with E-state index in [1.807, 2.05) is 6.07 Å². The predicted molar refractivity (Wildman–Crippen MR) is 161 cm³/mol. The van der Waals surface area contributed by atoms with Gasteiger partial charge in [-0.3, -0.25) is 9.59 Å². The second-order valence-electron chi connectivity index (χ2n) is 13.4. The van der Waals surface area contributed by atoms with Gasteiger partial charge in [0.1, 0.15) is 6.61 Å². The first-order valence-electron chi connectivity index (χ1n) is 15.9. The lowest BCUT2D eigenvalue weighted by Crippen LogP contribution is -2.73. The molecule has 6 rings (SSSR count). The number of likely N-dealkylation sites (tertiary alicyclic amines) is 1. The highest BCUT2D eigenvalue weighted by molar-refractivity contribution is 6.22. The molecule has 4 fully saturated rings. The number of para-hydroxylation sites is 1. The zero-order valence-electron chi connectivity index (χ0n) is 24.9. The first kappa shape index (κ1) is 29.1. The number of hydrogen-bond acceptors (Lipinski definition) is 6. The third kappa shape index (κ3) is 4.98. The highest BCUT2D eigenvalue weighted by Crippen LogP contribution is 2.63. The van der Waals surface area contributed by atoms with Crippen LogP contribution in [-0.4, -0.2) is 59.6 Å². The molecule has 0 radical (unpaired) electrons. The molecule has 2 amide bonds. The molecule has 2 aliphatic heterocycles.